The van der Waals surface area contributed by atoms with Gasteiger partial charge in [-0.25, -0.2) is 4.99 Å². The van der Waals surface area contributed by atoms with E-state index in [1.54, 1.807) is 45.7 Å². The quantitative estimate of drug-likeness (QED) is 0.359. The maximum Gasteiger partial charge on any atom is 0.288 e. The largest absolute Gasteiger partial charge is 0.366 e. The fraction of sp³-hybridized carbons (Fsp3) is 0.400. The van der Waals surface area contributed by atoms with Crippen molar-refractivity contribution in [3.05, 3.63) is 82.1 Å². The van der Waals surface area contributed by atoms with Crippen LogP contribution in [0.5, 0.6) is 0 Å². The number of nitrogens with one attached hydrogen (secondary N) is 2. The molecule has 3 aliphatic rings. The zero-order chi connectivity index (χ0) is 34.7. The molecule has 1 atom stereocenters. The molecule has 3 amide bonds. The van der Waals surface area contributed by atoms with Crippen LogP contribution >= 0.6 is 0 Å². The molecule has 1 aliphatic carbocycles. The number of hydrogen-bond donors (Lipinski definition) is 3. The number of benzene rings is 1. The molecule has 0 saturated heterocycles. The second-order valence-corrected chi connectivity index (χ2v) is 12.6. The third-order valence-corrected chi connectivity index (χ3v) is 9.14. The number of nitrogens with zero attached hydrogens (tertiary/aromatic N) is 8. The van der Waals surface area contributed by atoms with Crippen molar-refractivity contribution in [3.8, 4) is 0 Å². The lowest BCUT2D eigenvalue weighted by Crippen LogP contribution is -2.44. The van der Waals surface area contributed by atoms with E-state index in [0.717, 1.165) is 48.3 Å². The number of carbonyl (C=O) groups excluding carboxylic acids is 3. The van der Waals surface area contributed by atoms with Gasteiger partial charge in [0.15, 0.2) is 0 Å². The summed E-state index contributed by atoms with van der Waals surface area (Å²) >= 11 is 0. The Labute approximate surface area is 285 Å². The Hall–Kier alpha value is -5.53. The Morgan fingerprint density at radius 3 is 2.61 bits per heavy atom. The van der Waals surface area contributed by atoms with E-state index in [0.29, 0.717) is 73.2 Å². The summed E-state index contributed by atoms with van der Waals surface area (Å²) in [6, 6.07) is 6.60. The summed E-state index contributed by atoms with van der Waals surface area (Å²) in [5.41, 5.74) is 14.4. The van der Waals surface area contributed by atoms with Gasteiger partial charge in [0.25, 0.3) is 11.8 Å². The number of aryl methyl sites for hydroxylation is 4. The summed E-state index contributed by atoms with van der Waals surface area (Å²) in [6.45, 7) is 9.07. The summed E-state index contributed by atoms with van der Waals surface area (Å²) in [5.74, 6) is -0.588. The van der Waals surface area contributed by atoms with Gasteiger partial charge in [0.2, 0.25) is 11.9 Å². The highest BCUT2D eigenvalue weighted by molar-refractivity contribution is 6.07. The summed E-state index contributed by atoms with van der Waals surface area (Å²) in [6.07, 6.45) is 11.5. The summed E-state index contributed by atoms with van der Waals surface area (Å²) in [4.78, 5) is 50.7. The highest BCUT2D eigenvalue weighted by atomic mass is 16.2. The van der Waals surface area contributed by atoms with Gasteiger partial charge >= 0.3 is 0 Å². The second-order valence-electron chi connectivity index (χ2n) is 12.6. The number of nitrogens with two attached hydrogens (primary N) is 1. The van der Waals surface area contributed by atoms with Gasteiger partial charge in [0, 0.05) is 43.5 Å². The van der Waals surface area contributed by atoms with E-state index in [4.69, 9.17) is 10.7 Å². The van der Waals surface area contributed by atoms with Crippen LogP contribution in [0.25, 0.3) is 0 Å². The van der Waals surface area contributed by atoms with Gasteiger partial charge < -0.3 is 10.6 Å². The van der Waals surface area contributed by atoms with Gasteiger partial charge in [-0.05, 0) is 89.4 Å². The van der Waals surface area contributed by atoms with Crippen LogP contribution in [-0.2, 0) is 20.0 Å². The van der Waals surface area contributed by atoms with Crippen LogP contribution in [-0.4, -0.2) is 74.0 Å². The van der Waals surface area contributed by atoms with E-state index >= 15 is 0 Å². The third-order valence-electron chi connectivity index (χ3n) is 9.14. The number of amides is 3. The molecule has 1 unspecified atom stereocenters. The van der Waals surface area contributed by atoms with Crippen molar-refractivity contribution < 1.29 is 14.4 Å². The molecule has 0 saturated carbocycles. The maximum absolute atomic E-state index is 13.8. The molecule has 2 aliphatic heterocycles. The molecule has 6 rings (SSSR count). The normalized spacial score (nSPS) is 19.0. The molecule has 0 bridgehead atoms. The summed E-state index contributed by atoms with van der Waals surface area (Å²) in [5, 5.41) is 14.1. The number of rotatable bonds is 3. The number of carbonyl (C=O) groups is 3. The fourth-order valence-corrected chi connectivity index (χ4v) is 6.74. The number of guanidine groups is 1. The second kappa shape index (κ2) is 14.3. The lowest BCUT2D eigenvalue weighted by atomic mass is 10.0. The highest BCUT2D eigenvalue weighted by Gasteiger charge is 2.33. The molecule has 0 radical (unpaired) electrons. The lowest BCUT2D eigenvalue weighted by molar-refractivity contribution is 0.0934. The number of aromatic nitrogens is 4. The minimum absolute atomic E-state index is 0.0660. The maximum atomic E-state index is 13.8. The fourth-order valence-electron chi connectivity index (χ4n) is 6.74. The highest BCUT2D eigenvalue weighted by Crippen LogP contribution is 2.31. The topological polar surface area (TPSA) is 168 Å². The molecule has 3 aromatic rings. The first-order valence-electron chi connectivity index (χ1n) is 16.7. The van der Waals surface area contributed by atoms with Gasteiger partial charge in [0.05, 0.1) is 28.8 Å². The molecule has 1 aromatic carbocycles. The number of aliphatic imine (C=N–C) groups is 2. The minimum Gasteiger partial charge on any atom is -0.366 e. The van der Waals surface area contributed by atoms with Gasteiger partial charge in [-0.3, -0.25) is 44.5 Å². The Bertz CT molecular complexity index is 1880. The average molecular weight is 666 g/mol. The van der Waals surface area contributed by atoms with Gasteiger partial charge in [-0.1, -0.05) is 18.6 Å². The Morgan fingerprint density at radius 1 is 1.02 bits per heavy atom. The molecule has 4 heterocycles. The third kappa shape index (κ3) is 7.03. The number of allylic oxidation sites excluding steroid dienone is 2. The van der Waals surface area contributed by atoms with Crippen molar-refractivity contribution in [2.75, 3.05) is 18.1 Å². The number of anilines is 1. The predicted octanol–water partition coefficient (Wildman–Crippen LogP) is 3.64. The van der Waals surface area contributed by atoms with Crippen molar-refractivity contribution in [3.63, 3.8) is 0 Å². The first-order chi connectivity index (χ1) is 23.6. The van der Waals surface area contributed by atoms with Crippen molar-refractivity contribution in [1.29, 1.82) is 0 Å². The predicted molar refractivity (Wildman–Crippen MR) is 188 cm³/mol. The Balaban J connectivity index is 1.32. The van der Waals surface area contributed by atoms with Crippen molar-refractivity contribution in [2.45, 2.75) is 71.4 Å². The van der Waals surface area contributed by atoms with Crippen LogP contribution < -0.4 is 21.5 Å². The van der Waals surface area contributed by atoms with Crippen LogP contribution in [0.3, 0.4) is 0 Å². The van der Waals surface area contributed by atoms with E-state index in [9.17, 15) is 14.4 Å². The lowest BCUT2D eigenvalue weighted by Gasteiger charge is -2.28. The molecule has 4 N–H and O–H groups in total. The van der Waals surface area contributed by atoms with Crippen LogP contribution in [0.2, 0.25) is 0 Å². The van der Waals surface area contributed by atoms with Crippen LogP contribution in [0.1, 0.15) is 86.8 Å². The molecule has 2 aromatic heterocycles. The van der Waals surface area contributed by atoms with E-state index in [1.165, 1.54) is 0 Å². The van der Waals surface area contributed by atoms with Crippen molar-refractivity contribution in [1.82, 2.24) is 35.2 Å². The Morgan fingerprint density at radius 2 is 1.82 bits per heavy atom. The first kappa shape index (κ1) is 33.4. The monoisotopic (exact) mass is 665 g/mol. The van der Waals surface area contributed by atoms with E-state index < -0.39 is 5.91 Å². The molecule has 0 spiro atoms. The van der Waals surface area contributed by atoms with Crippen LogP contribution in [0, 0.1) is 13.8 Å². The number of hydrazine groups is 1. The average Bonchev–Trinajstić information content (AvgIpc) is 3.72. The molecule has 0 fully saturated rings. The van der Waals surface area contributed by atoms with Crippen LogP contribution in [0.15, 0.2) is 58.2 Å². The van der Waals surface area contributed by atoms with Gasteiger partial charge in [-0.2, -0.15) is 10.2 Å². The molecule has 49 heavy (non-hydrogen) atoms. The van der Waals surface area contributed by atoms with Crippen molar-refractivity contribution >= 4 is 41.8 Å². The molecular weight excluding hydrogens is 622 g/mol. The number of hydrogen-bond acceptors (Lipinski definition) is 9. The summed E-state index contributed by atoms with van der Waals surface area (Å²) < 4.78 is 3.41. The Kier molecular flexibility index (Phi) is 9.74. The smallest absolute Gasteiger partial charge is 0.288 e. The van der Waals surface area contributed by atoms with Gasteiger partial charge in [0.1, 0.15) is 11.4 Å². The summed E-state index contributed by atoms with van der Waals surface area (Å²) in [7, 11) is 1.80. The van der Waals surface area contributed by atoms with E-state index in [-0.39, 0.29) is 17.9 Å². The molecule has 14 nitrogen and oxygen atoms in total. The minimum atomic E-state index is -0.582. The van der Waals surface area contributed by atoms with Crippen LogP contribution in [0.4, 0.5) is 11.4 Å². The zero-order valence-corrected chi connectivity index (χ0v) is 28.3. The van der Waals surface area contributed by atoms with E-state index in [1.807, 2.05) is 19.9 Å². The standard InChI is InChI=1S/C35H43N11O3/c1-22-20-30-33(48)42-45(29-16-15-24(32(36)47)21-27(29)37-3)19-11-10-17-44-28-14-8-7-13-26(28)38-35(44)39-34(49)31-25(23(2)41-43(31)4)12-6-5-9-18-46(30)40-22/h7-8,14-16,20-21,26H,3,5-6,9-13,17-19H2,1-2,4H3,(H2,36,47)(H,42,48)(H,38,39,49). The van der Waals surface area contributed by atoms with E-state index in [2.05, 4.69) is 49.7 Å². The first-order valence-corrected chi connectivity index (χ1v) is 16.7. The molecule has 256 valence electrons. The van der Waals surface area contributed by atoms with Gasteiger partial charge in [-0.15, -0.1) is 0 Å². The van der Waals surface area contributed by atoms with Crippen molar-refractivity contribution in [2.24, 2.45) is 22.8 Å². The number of fused-ring (bicyclic) bond motifs is 5. The number of primary amides is 1. The molecular formula is C35H43N11O3. The SMILES string of the molecule is C=Nc1cc(C(N)=O)ccc1N1CCCCN2C3=CC=CCC3N=C2NC(=O)c2c(c(C)nn2C)CCCCCn2nc(C)cc2C(=O)N1. The molecule has 14 heteroatoms. The zero-order valence-electron chi connectivity index (χ0n) is 28.3.